The van der Waals surface area contributed by atoms with Gasteiger partial charge in [0, 0.05) is 16.7 Å². The lowest BCUT2D eigenvalue weighted by Gasteiger charge is -2.14. The highest BCUT2D eigenvalue weighted by atomic mass is 15.1. The van der Waals surface area contributed by atoms with E-state index in [2.05, 4.69) is 150 Å². The van der Waals surface area contributed by atoms with Crippen LogP contribution in [0.1, 0.15) is 0 Å². The molecule has 0 saturated heterocycles. The fourth-order valence-corrected chi connectivity index (χ4v) is 7.51. The van der Waals surface area contributed by atoms with Crippen LogP contribution in [0.25, 0.3) is 94.5 Å². The van der Waals surface area contributed by atoms with E-state index in [4.69, 9.17) is 4.98 Å². The molecule has 1 aromatic heterocycles. The first-order valence-electron chi connectivity index (χ1n) is 14.8. The molecule has 0 unspecified atom stereocenters. The lowest BCUT2D eigenvalue weighted by atomic mass is 9.93. The molecule has 2 heterocycles. The topological polar surface area (TPSA) is 17.8 Å². The first kappa shape index (κ1) is 22.9. The Labute approximate surface area is 249 Å². The number of aromatic nitrogens is 2. The van der Waals surface area contributed by atoms with Crippen molar-refractivity contribution in [2.24, 2.45) is 0 Å². The molecule has 0 amide bonds. The molecule has 0 fully saturated rings. The van der Waals surface area contributed by atoms with Crippen molar-refractivity contribution in [2.45, 2.75) is 0 Å². The smallest absolute Gasteiger partial charge is 0.145 e. The molecule has 0 radical (unpaired) electrons. The van der Waals surface area contributed by atoms with Crippen molar-refractivity contribution < 1.29 is 0 Å². The van der Waals surface area contributed by atoms with Gasteiger partial charge in [-0.25, -0.2) is 4.98 Å². The zero-order valence-electron chi connectivity index (χ0n) is 23.3. The highest BCUT2D eigenvalue weighted by molar-refractivity contribution is 6.18. The maximum absolute atomic E-state index is 5.29. The summed E-state index contributed by atoms with van der Waals surface area (Å²) in [6, 6.07) is 53.0. The summed E-state index contributed by atoms with van der Waals surface area (Å²) in [5, 5.41) is 2.64. The Hall–Kier alpha value is -5.73. The molecule has 7 aromatic carbocycles. The number of imidazole rings is 1. The van der Waals surface area contributed by atoms with Crippen molar-refractivity contribution in [2.75, 3.05) is 0 Å². The molecule has 0 atom stereocenters. The number of para-hydroxylation sites is 2. The van der Waals surface area contributed by atoms with Crippen molar-refractivity contribution in [3.05, 3.63) is 146 Å². The van der Waals surface area contributed by atoms with Crippen molar-refractivity contribution >= 4 is 21.8 Å². The first-order chi connectivity index (χ1) is 21.3. The Balaban J connectivity index is 1.22. The largest absolute Gasteiger partial charge is 0.291 e. The van der Waals surface area contributed by atoms with E-state index in [1.807, 2.05) is 0 Å². The minimum Gasteiger partial charge on any atom is -0.291 e. The van der Waals surface area contributed by atoms with E-state index in [0.29, 0.717) is 0 Å². The normalized spacial score (nSPS) is 12.2. The third-order valence-corrected chi connectivity index (χ3v) is 9.31. The quantitative estimate of drug-likeness (QED) is 0.212. The predicted octanol–water partition coefficient (Wildman–Crippen LogP) is 10.8. The summed E-state index contributed by atoms with van der Waals surface area (Å²) in [6.07, 6.45) is 0. The molecule has 2 heteroatoms. The third kappa shape index (κ3) is 3.05. The number of fused-ring (bicyclic) bond motifs is 8. The maximum atomic E-state index is 5.29. The van der Waals surface area contributed by atoms with Gasteiger partial charge in [-0.2, -0.15) is 0 Å². The van der Waals surface area contributed by atoms with Crippen LogP contribution in [0.4, 0.5) is 0 Å². The number of hydrogen-bond acceptors (Lipinski definition) is 1. The SMILES string of the molecule is c1cc(-c2ccc3c4c(cccc24)-c2ccccc2-3)cc(-c2nc3cccc4c3n2-c2ccccc2-c2ccccc2-4)c1. The first-order valence-corrected chi connectivity index (χ1v) is 14.8. The van der Waals surface area contributed by atoms with Crippen molar-refractivity contribution in [1.29, 1.82) is 0 Å². The molecular weight excluding hydrogens is 520 g/mol. The minimum absolute atomic E-state index is 0.961. The minimum atomic E-state index is 0.961. The molecule has 1 aliphatic carbocycles. The molecule has 0 bridgehead atoms. The van der Waals surface area contributed by atoms with Crippen LogP contribution >= 0.6 is 0 Å². The molecule has 1 aliphatic heterocycles. The fourth-order valence-electron chi connectivity index (χ4n) is 7.51. The predicted molar refractivity (Wildman–Crippen MR) is 178 cm³/mol. The maximum Gasteiger partial charge on any atom is 0.145 e. The highest BCUT2D eigenvalue weighted by Crippen LogP contribution is 2.50. The van der Waals surface area contributed by atoms with Gasteiger partial charge in [0.25, 0.3) is 0 Å². The Morgan fingerprint density at radius 3 is 1.77 bits per heavy atom. The summed E-state index contributed by atoms with van der Waals surface area (Å²) in [4.78, 5) is 5.29. The molecule has 0 N–H and O–H groups in total. The second-order valence-corrected chi connectivity index (χ2v) is 11.5. The van der Waals surface area contributed by atoms with Crippen LogP contribution in [0.2, 0.25) is 0 Å². The van der Waals surface area contributed by atoms with Gasteiger partial charge in [0.1, 0.15) is 5.82 Å². The van der Waals surface area contributed by atoms with E-state index in [9.17, 15) is 0 Å². The second kappa shape index (κ2) is 8.40. The van der Waals surface area contributed by atoms with E-state index in [0.717, 1.165) is 28.1 Å². The van der Waals surface area contributed by atoms with Gasteiger partial charge in [0.15, 0.2) is 0 Å². The average molecular weight is 545 g/mol. The van der Waals surface area contributed by atoms with Crippen LogP contribution in [0.5, 0.6) is 0 Å². The van der Waals surface area contributed by atoms with Gasteiger partial charge in [-0.15, -0.1) is 0 Å². The molecule has 10 rings (SSSR count). The van der Waals surface area contributed by atoms with Gasteiger partial charge in [-0.3, -0.25) is 4.57 Å². The number of nitrogens with zero attached hydrogens (tertiary/aromatic N) is 2. The van der Waals surface area contributed by atoms with Crippen LogP contribution in [0.3, 0.4) is 0 Å². The molecule has 2 aliphatic rings. The molecule has 0 saturated carbocycles. The summed E-state index contributed by atoms with van der Waals surface area (Å²) in [6.45, 7) is 0. The van der Waals surface area contributed by atoms with Gasteiger partial charge in [0.05, 0.1) is 16.7 Å². The fraction of sp³-hybridized carbons (Fsp3) is 0. The van der Waals surface area contributed by atoms with Gasteiger partial charge in [0.2, 0.25) is 0 Å². The van der Waals surface area contributed by atoms with Crippen LogP contribution < -0.4 is 0 Å². The van der Waals surface area contributed by atoms with E-state index in [1.165, 1.54) is 66.4 Å². The number of hydrogen-bond donors (Lipinski definition) is 0. The van der Waals surface area contributed by atoms with Gasteiger partial charge in [-0.1, -0.05) is 127 Å². The van der Waals surface area contributed by atoms with Crippen LogP contribution in [-0.2, 0) is 0 Å². The molecule has 8 aromatic rings. The Morgan fingerprint density at radius 1 is 0.395 bits per heavy atom. The summed E-state index contributed by atoms with van der Waals surface area (Å²) in [5.41, 5.74) is 17.1. The molecule has 43 heavy (non-hydrogen) atoms. The monoisotopic (exact) mass is 544 g/mol. The molecule has 2 nitrogen and oxygen atoms in total. The Bertz CT molecular complexity index is 2430. The average Bonchev–Trinajstić information content (AvgIpc) is 3.59. The van der Waals surface area contributed by atoms with E-state index in [1.54, 1.807) is 0 Å². The highest BCUT2D eigenvalue weighted by Gasteiger charge is 2.26. The van der Waals surface area contributed by atoms with Crippen molar-refractivity contribution in [1.82, 2.24) is 9.55 Å². The number of rotatable bonds is 2. The van der Waals surface area contributed by atoms with Crippen molar-refractivity contribution in [3.8, 4) is 72.7 Å². The van der Waals surface area contributed by atoms with Crippen LogP contribution in [0, 0.1) is 0 Å². The lowest BCUT2D eigenvalue weighted by Crippen LogP contribution is -1.99. The third-order valence-electron chi connectivity index (χ3n) is 9.31. The van der Waals surface area contributed by atoms with Crippen molar-refractivity contribution in [3.63, 3.8) is 0 Å². The number of benzene rings is 7. The summed E-state index contributed by atoms with van der Waals surface area (Å²) in [5.74, 6) is 0.961. The van der Waals surface area contributed by atoms with Crippen LogP contribution in [-0.4, -0.2) is 9.55 Å². The van der Waals surface area contributed by atoms with E-state index < -0.39 is 0 Å². The lowest BCUT2D eigenvalue weighted by molar-refractivity contribution is 1.11. The summed E-state index contributed by atoms with van der Waals surface area (Å²) >= 11 is 0. The summed E-state index contributed by atoms with van der Waals surface area (Å²) in [7, 11) is 0. The summed E-state index contributed by atoms with van der Waals surface area (Å²) < 4.78 is 2.38. The van der Waals surface area contributed by atoms with E-state index >= 15 is 0 Å². The molecular formula is C41H24N2. The van der Waals surface area contributed by atoms with Gasteiger partial charge in [-0.05, 0) is 73.5 Å². The Kier molecular flexibility index (Phi) is 4.48. The zero-order chi connectivity index (χ0) is 28.1. The van der Waals surface area contributed by atoms with E-state index in [-0.39, 0.29) is 0 Å². The van der Waals surface area contributed by atoms with Gasteiger partial charge >= 0.3 is 0 Å². The Morgan fingerprint density at radius 2 is 0.953 bits per heavy atom. The second-order valence-electron chi connectivity index (χ2n) is 11.5. The molecule has 0 spiro atoms. The molecule has 198 valence electrons. The van der Waals surface area contributed by atoms with Crippen LogP contribution in [0.15, 0.2) is 146 Å². The zero-order valence-corrected chi connectivity index (χ0v) is 23.3. The standard InChI is InChI=1S/C41H24N2/c1-4-15-31-28(12-1)32-16-5-6-21-38(32)43-40-36(31)19-9-20-37(40)42-41(43)26-11-7-10-25(24-26)27-22-23-35-30-14-3-2-13-29(30)34-18-8-17-33(27)39(34)35/h1-24H. The van der Waals surface area contributed by atoms with Gasteiger partial charge < -0.3 is 0 Å².